The molecular weight excluding hydrogens is 177 g/mol. The van der Waals surface area contributed by atoms with Gasteiger partial charge in [0.05, 0.1) is 0 Å². The van der Waals surface area contributed by atoms with Gasteiger partial charge >= 0.3 is 0 Å². The summed E-state index contributed by atoms with van der Waals surface area (Å²) in [6.07, 6.45) is 1.80. The lowest BCUT2D eigenvalue weighted by molar-refractivity contribution is 0.409. The van der Waals surface area contributed by atoms with E-state index in [2.05, 4.69) is 0 Å². The Kier molecular flexibility index (Phi) is 2.11. The first-order chi connectivity index (χ1) is 6.50. The molecule has 1 nitrogen and oxygen atoms in total. The first-order valence-corrected chi connectivity index (χ1v) is 5.06. The van der Waals surface area contributed by atoms with Crippen molar-refractivity contribution in [3.8, 4) is 0 Å². The van der Waals surface area contributed by atoms with Crippen molar-refractivity contribution in [2.75, 3.05) is 0 Å². The lowest BCUT2D eigenvalue weighted by atomic mass is 9.84. The first kappa shape index (κ1) is 9.66. The van der Waals surface area contributed by atoms with E-state index >= 15 is 0 Å². The molecule has 0 radical (unpaired) electrons. The molecule has 0 aliphatic heterocycles. The molecule has 0 heterocycles. The summed E-state index contributed by atoms with van der Waals surface area (Å²) in [5.41, 5.74) is 7.81. The Bertz CT molecular complexity index is 352. The lowest BCUT2D eigenvalue weighted by Crippen LogP contribution is -2.38. The number of rotatable bonds is 1. The maximum atomic E-state index is 13.4. The molecular formula is C12H16FN. The highest BCUT2D eigenvalue weighted by Gasteiger charge is 2.33. The molecule has 1 aromatic carbocycles. The Balaban J connectivity index is 2.45. The van der Waals surface area contributed by atoms with Gasteiger partial charge in [0.15, 0.2) is 0 Å². The quantitative estimate of drug-likeness (QED) is 0.729. The number of hydrogen-bond donors (Lipinski definition) is 1. The number of benzene rings is 1. The molecule has 2 rings (SSSR count). The summed E-state index contributed by atoms with van der Waals surface area (Å²) in [5.74, 6) is 0.224. The van der Waals surface area contributed by atoms with E-state index in [-0.39, 0.29) is 11.4 Å². The third-order valence-electron chi connectivity index (χ3n) is 3.11. The van der Waals surface area contributed by atoms with Crippen molar-refractivity contribution in [2.24, 2.45) is 5.73 Å². The molecule has 0 aromatic heterocycles. The fraction of sp³-hybridized carbons (Fsp3) is 0.500. The molecule has 1 aliphatic rings. The van der Waals surface area contributed by atoms with Crippen molar-refractivity contribution in [1.82, 2.24) is 0 Å². The zero-order chi connectivity index (χ0) is 10.3. The summed E-state index contributed by atoms with van der Waals surface area (Å²) in [6, 6.07) is 5.31. The van der Waals surface area contributed by atoms with Gasteiger partial charge < -0.3 is 5.73 Å². The van der Waals surface area contributed by atoms with Crippen molar-refractivity contribution in [3.05, 3.63) is 35.1 Å². The van der Waals surface area contributed by atoms with Crippen LogP contribution in [0, 0.1) is 5.82 Å². The van der Waals surface area contributed by atoms with E-state index in [0.29, 0.717) is 5.92 Å². The van der Waals surface area contributed by atoms with Crippen LogP contribution in [0.3, 0.4) is 0 Å². The average molecular weight is 193 g/mol. The molecule has 14 heavy (non-hydrogen) atoms. The molecule has 2 N–H and O–H groups in total. The third kappa shape index (κ3) is 1.44. The third-order valence-corrected chi connectivity index (χ3v) is 3.11. The predicted molar refractivity (Wildman–Crippen MR) is 55.7 cm³/mol. The van der Waals surface area contributed by atoms with E-state index < -0.39 is 0 Å². The molecule has 0 saturated heterocycles. The molecule has 0 fully saturated rings. The largest absolute Gasteiger partial charge is 0.325 e. The number of hydrogen-bond acceptors (Lipinski definition) is 1. The molecule has 0 spiro atoms. The Labute approximate surface area is 84.1 Å². The molecule has 0 saturated carbocycles. The van der Waals surface area contributed by atoms with Gasteiger partial charge in [0.1, 0.15) is 5.82 Å². The second-order valence-corrected chi connectivity index (χ2v) is 4.72. The maximum Gasteiger partial charge on any atom is 0.126 e. The Morgan fingerprint density at radius 3 is 2.79 bits per heavy atom. The van der Waals surface area contributed by atoms with Gasteiger partial charge in [-0.1, -0.05) is 12.1 Å². The van der Waals surface area contributed by atoms with Crippen LogP contribution in [0.1, 0.15) is 37.3 Å². The van der Waals surface area contributed by atoms with Crippen LogP contribution in [0.4, 0.5) is 4.39 Å². The fourth-order valence-corrected chi connectivity index (χ4v) is 2.38. The van der Waals surface area contributed by atoms with Crippen molar-refractivity contribution >= 4 is 0 Å². The highest BCUT2D eigenvalue weighted by Crippen LogP contribution is 2.39. The molecule has 2 heteroatoms. The van der Waals surface area contributed by atoms with Crippen LogP contribution in [0.15, 0.2) is 18.2 Å². The monoisotopic (exact) mass is 193 g/mol. The van der Waals surface area contributed by atoms with Crippen LogP contribution in [0.2, 0.25) is 0 Å². The van der Waals surface area contributed by atoms with Crippen LogP contribution in [0.25, 0.3) is 0 Å². The van der Waals surface area contributed by atoms with Gasteiger partial charge in [0.2, 0.25) is 0 Å². The SMILES string of the molecule is CC(C)(N)C1CCc2c(F)cccc21. The molecule has 1 aromatic rings. The van der Waals surface area contributed by atoms with Crippen LogP contribution in [-0.4, -0.2) is 5.54 Å². The van der Waals surface area contributed by atoms with Crippen LogP contribution < -0.4 is 5.73 Å². The van der Waals surface area contributed by atoms with Gasteiger partial charge in [-0.05, 0) is 43.9 Å². The van der Waals surface area contributed by atoms with Crippen LogP contribution in [0.5, 0.6) is 0 Å². The minimum absolute atomic E-state index is 0.0748. The summed E-state index contributed by atoms with van der Waals surface area (Å²) >= 11 is 0. The minimum atomic E-state index is -0.251. The van der Waals surface area contributed by atoms with Crippen molar-refractivity contribution in [1.29, 1.82) is 0 Å². The molecule has 0 amide bonds. The number of halogens is 1. The zero-order valence-electron chi connectivity index (χ0n) is 8.68. The Morgan fingerprint density at radius 2 is 2.14 bits per heavy atom. The normalized spacial score (nSPS) is 21.0. The van der Waals surface area contributed by atoms with E-state index in [1.807, 2.05) is 19.9 Å². The van der Waals surface area contributed by atoms with Gasteiger partial charge in [0, 0.05) is 11.5 Å². The van der Waals surface area contributed by atoms with Crippen molar-refractivity contribution < 1.29 is 4.39 Å². The van der Waals surface area contributed by atoms with Crippen LogP contribution in [-0.2, 0) is 6.42 Å². The fourth-order valence-electron chi connectivity index (χ4n) is 2.38. The van der Waals surface area contributed by atoms with Gasteiger partial charge in [-0.3, -0.25) is 0 Å². The van der Waals surface area contributed by atoms with E-state index in [4.69, 9.17) is 5.73 Å². The van der Waals surface area contributed by atoms with E-state index in [0.717, 1.165) is 24.0 Å². The molecule has 1 unspecified atom stereocenters. The second-order valence-electron chi connectivity index (χ2n) is 4.72. The van der Waals surface area contributed by atoms with Crippen LogP contribution >= 0.6 is 0 Å². The molecule has 1 atom stereocenters. The number of fused-ring (bicyclic) bond motifs is 1. The second kappa shape index (κ2) is 3.06. The predicted octanol–water partition coefficient (Wildman–Crippen LogP) is 2.59. The minimum Gasteiger partial charge on any atom is -0.325 e. The van der Waals surface area contributed by atoms with Gasteiger partial charge in [0.25, 0.3) is 0 Å². The van der Waals surface area contributed by atoms with Gasteiger partial charge in [-0.15, -0.1) is 0 Å². The van der Waals surface area contributed by atoms with Crippen molar-refractivity contribution in [3.63, 3.8) is 0 Å². The van der Waals surface area contributed by atoms with E-state index in [1.165, 1.54) is 6.07 Å². The standard InChI is InChI=1S/C12H16FN/c1-12(2,14)10-7-6-9-8(10)4-3-5-11(9)13/h3-5,10H,6-7,14H2,1-2H3. The first-order valence-electron chi connectivity index (χ1n) is 5.06. The Morgan fingerprint density at radius 1 is 1.43 bits per heavy atom. The summed E-state index contributed by atoms with van der Waals surface area (Å²) in [5, 5.41) is 0. The lowest BCUT2D eigenvalue weighted by Gasteiger charge is -2.27. The highest BCUT2D eigenvalue weighted by molar-refractivity contribution is 5.38. The summed E-state index contributed by atoms with van der Waals surface area (Å²) in [4.78, 5) is 0. The van der Waals surface area contributed by atoms with Crippen molar-refractivity contribution in [2.45, 2.75) is 38.1 Å². The highest BCUT2D eigenvalue weighted by atomic mass is 19.1. The number of nitrogens with two attached hydrogens (primary N) is 1. The summed E-state index contributed by atoms with van der Waals surface area (Å²) in [6.45, 7) is 4.02. The molecule has 1 aliphatic carbocycles. The van der Waals surface area contributed by atoms with Gasteiger partial charge in [-0.25, -0.2) is 4.39 Å². The zero-order valence-corrected chi connectivity index (χ0v) is 8.68. The van der Waals surface area contributed by atoms with E-state index in [1.54, 1.807) is 6.07 Å². The average Bonchev–Trinajstić information content (AvgIpc) is 2.47. The maximum absolute atomic E-state index is 13.4. The Hall–Kier alpha value is -0.890. The van der Waals surface area contributed by atoms with Gasteiger partial charge in [-0.2, -0.15) is 0 Å². The molecule has 76 valence electrons. The smallest absolute Gasteiger partial charge is 0.126 e. The summed E-state index contributed by atoms with van der Waals surface area (Å²) < 4.78 is 13.4. The summed E-state index contributed by atoms with van der Waals surface area (Å²) in [7, 11) is 0. The topological polar surface area (TPSA) is 26.0 Å². The van der Waals surface area contributed by atoms with E-state index in [9.17, 15) is 4.39 Å². The molecule has 0 bridgehead atoms.